The maximum Gasteiger partial charge on any atom is 0.428 e. The number of rotatable bonds is 5. The van der Waals surface area contributed by atoms with Gasteiger partial charge in [-0.25, -0.2) is 15.0 Å². The smallest absolute Gasteiger partial charge is 0.428 e. The molecule has 2 aromatic carbocycles. The molecule has 1 heterocycles. The number of hydrazone groups is 1. The highest BCUT2D eigenvalue weighted by molar-refractivity contribution is 5.92. The number of nitrogens with zero attached hydrogens (tertiary/aromatic N) is 1. The van der Waals surface area contributed by atoms with Crippen molar-refractivity contribution in [1.29, 1.82) is 0 Å². The van der Waals surface area contributed by atoms with Gasteiger partial charge in [0.2, 0.25) is 6.79 Å². The Balaban J connectivity index is 1.66. The van der Waals surface area contributed by atoms with E-state index in [4.69, 9.17) is 23.7 Å². The third-order valence-electron chi connectivity index (χ3n) is 3.77. The molecule has 0 bridgehead atoms. The molecule has 1 N–H and O–H groups in total. The maximum absolute atomic E-state index is 12.5. The summed E-state index contributed by atoms with van der Waals surface area (Å²) in [5.74, 6) is 1.05. The van der Waals surface area contributed by atoms with Crippen LogP contribution in [0.3, 0.4) is 0 Å². The van der Waals surface area contributed by atoms with E-state index >= 15 is 0 Å². The van der Waals surface area contributed by atoms with Crippen LogP contribution in [0, 0.1) is 0 Å². The van der Waals surface area contributed by atoms with Gasteiger partial charge < -0.3 is 23.7 Å². The lowest BCUT2D eigenvalue weighted by Crippen LogP contribution is -2.29. The number of methoxy groups -OCH3 is 1. The number of carbonyl (C=O) groups excluding carboxylic acids is 2. The number of benzene rings is 2. The zero-order valence-corrected chi connectivity index (χ0v) is 17.1. The monoisotopic (exact) mass is 414 g/mol. The summed E-state index contributed by atoms with van der Waals surface area (Å²) >= 11 is 0. The molecule has 1 amide bonds. The van der Waals surface area contributed by atoms with Crippen LogP contribution in [0.5, 0.6) is 23.0 Å². The zero-order valence-electron chi connectivity index (χ0n) is 17.1. The zero-order chi connectivity index (χ0) is 21.7. The number of hydrogen-bond donors (Lipinski definition) is 1. The molecule has 0 atom stereocenters. The van der Waals surface area contributed by atoms with Crippen LogP contribution in [-0.4, -0.2) is 37.8 Å². The summed E-state index contributed by atoms with van der Waals surface area (Å²) < 4.78 is 26.3. The Kier molecular flexibility index (Phi) is 6.10. The molecule has 9 heteroatoms. The molecule has 0 saturated heterocycles. The fourth-order valence-corrected chi connectivity index (χ4v) is 2.49. The summed E-state index contributed by atoms with van der Waals surface area (Å²) in [6, 6.07) is 9.63. The number of hydrogen-bond acceptors (Lipinski definition) is 8. The van der Waals surface area contributed by atoms with Gasteiger partial charge in [0.25, 0.3) is 0 Å². The number of fused-ring (bicyclic) bond motifs is 1. The Hall–Kier alpha value is -3.75. The first-order valence-electron chi connectivity index (χ1n) is 9.07. The predicted octanol–water partition coefficient (Wildman–Crippen LogP) is 3.50. The summed E-state index contributed by atoms with van der Waals surface area (Å²) in [6.45, 7) is 5.38. The largest absolute Gasteiger partial charge is 0.493 e. The lowest BCUT2D eigenvalue weighted by Gasteiger charge is -2.18. The van der Waals surface area contributed by atoms with Crippen LogP contribution in [0.15, 0.2) is 41.5 Å². The number of nitrogens with one attached hydrogen (secondary N) is 1. The highest BCUT2D eigenvalue weighted by Crippen LogP contribution is 2.33. The molecule has 0 aromatic heterocycles. The average Bonchev–Trinajstić information content (AvgIpc) is 3.15. The average molecular weight is 414 g/mol. The van der Waals surface area contributed by atoms with Crippen LogP contribution < -0.4 is 24.4 Å². The first-order chi connectivity index (χ1) is 14.2. The van der Waals surface area contributed by atoms with E-state index in [1.54, 1.807) is 57.2 Å². The van der Waals surface area contributed by atoms with Crippen molar-refractivity contribution in [3.05, 3.63) is 47.5 Å². The van der Waals surface area contributed by atoms with Crippen molar-refractivity contribution in [3.63, 3.8) is 0 Å². The summed E-state index contributed by atoms with van der Waals surface area (Å²) in [7, 11) is 1.45. The van der Waals surface area contributed by atoms with Crippen molar-refractivity contribution >= 4 is 18.3 Å². The highest BCUT2D eigenvalue weighted by atomic mass is 16.7. The number of amides is 1. The summed E-state index contributed by atoms with van der Waals surface area (Å²) in [4.78, 5) is 24.1. The van der Waals surface area contributed by atoms with Crippen LogP contribution in [0.2, 0.25) is 0 Å². The van der Waals surface area contributed by atoms with Gasteiger partial charge in [0, 0.05) is 0 Å². The van der Waals surface area contributed by atoms with E-state index in [9.17, 15) is 9.59 Å². The predicted molar refractivity (Wildman–Crippen MR) is 107 cm³/mol. The van der Waals surface area contributed by atoms with E-state index in [-0.39, 0.29) is 12.5 Å². The third kappa shape index (κ3) is 5.40. The molecule has 0 aliphatic carbocycles. The van der Waals surface area contributed by atoms with E-state index in [1.165, 1.54) is 13.3 Å². The lowest BCUT2D eigenvalue weighted by atomic mass is 10.2. The van der Waals surface area contributed by atoms with Crippen LogP contribution in [0.1, 0.15) is 36.7 Å². The van der Waals surface area contributed by atoms with Gasteiger partial charge in [0.05, 0.1) is 18.9 Å². The molecular formula is C21H22N2O7. The molecule has 3 rings (SSSR count). The maximum atomic E-state index is 12.5. The molecule has 0 saturated carbocycles. The van der Waals surface area contributed by atoms with Crippen molar-refractivity contribution < 1.29 is 33.3 Å². The van der Waals surface area contributed by atoms with E-state index < -0.39 is 17.7 Å². The van der Waals surface area contributed by atoms with Gasteiger partial charge in [-0.05, 0) is 62.7 Å². The molecule has 158 valence electrons. The van der Waals surface area contributed by atoms with Gasteiger partial charge in [-0.15, -0.1) is 0 Å². The second-order valence-electron chi connectivity index (χ2n) is 7.24. The van der Waals surface area contributed by atoms with E-state index in [0.717, 1.165) is 0 Å². The molecule has 0 fully saturated rings. The minimum Gasteiger partial charge on any atom is -0.493 e. The Morgan fingerprint density at radius 2 is 1.83 bits per heavy atom. The second-order valence-corrected chi connectivity index (χ2v) is 7.24. The minimum absolute atomic E-state index is 0.119. The highest BCUT2D eigenvalue weighted by Gasteiger charge is 2.19. The first kappa shape index (κ1) is 21.0. The second kappa shape index (κ2) is 8.73. The molecule has 1 aliphatic rings. The van der Waals surface area contributed by atoms with Crippen molar-refractivity contribution in [2.24, 2.45) is 5.10 Å². The van der Waals surface area contributed by atoms with Crippen LogP contribution in [0.25, 0.3) is 0 Å². The van der Waals surface area contributed by atoms with Crippen LogP contribution >= 0.6 is 0 Å². The van der Waals surface area contributed by atoms with Gasteiger partial charge >= 0.3 is 12.1 Å². The van der Waals surface area contributed by atoms with Crippen molar-refractivity contribution in [2.75, 3.05) is 13.9 Å². The molecule has 30 heavy (non-hydrogen) atoms. The summed E-state index contributed by atoms with van der Waals surface area (Å²) in [5, 5.41) is 3.83. The number of esters is 1. The van der Waals surface area contributed by atoms with Crippen molar-refractivity contribution in [3.8, 4) is 23.0 Å². The Labute approximate surface area is 173 Å². The molecular weight excluding hydrogens is 392 g/mol. The first-order valence-corrected chi connectivity index (χ1v) is 9.07. The molecule has 0 unspecified atom stereocenters. The Morgan fingerprint density at radius 3 is 2.57 bits per heavy atom. The molecule has 0 radical (unpaired) electrons. The van der Waals surface area contributed by atoms with Gasteiger partial charge in [0.15, 0.2) is 23.0 Å². The van der Waals surface area contributed by atoms with Gasteiger partial charge in [-0.2, -0.15) is 5.10 Å². The lowest BCUT2D eigenvalue weighted by molar-refractivity contribution is 0.0529. The normalized spacial score (nSPS) is 12.5. The topological polar surface area (TPSA) is 105 Å². The van der Waals surface area contributed by atoms with Crippen LogP contribution in [-0.2, 0) is 4.74 Å². The van der Waals surface area contributed by atoms with Gasteiger partial charge in [-0.1, -0.05) is 0 Å². The van der Waals surface area contributed by atoms with Crippen molar-refractivity contribution in [1.82, 2.24) is 5.43 Å². The van der Waals surface area contributed by atoms with Crippen LogP contribution in [0.4, 0.5) is 4.79 Å². The number of carbonyl (C=O) groups is 2. The third-order valence-corrected chi connectivity index (χ3v) is 3.77. The molecule has 2 aromatic rings. The fraction of sp³-hybridized carbons (Fsp3) is 0.286. The standard InChI is InChI=1S/C21H22N2O7/c1-21(2,3)30-20(25)23-22-11-13-5-7-16(17(9-13)26-4)29-19(24)14-6-8-15-18(10-14)28-12-27-15/h5-11H,12H2,1-4H3,(H,23,25)/b22-11-. The molecule has 9 nitrogen and oxygen atoms in total. The van der Waals surface area contributed by atoms with E-state index in [2.05, 4.69) is 10.5 Å². The van der Waals surface area contributed by atoms with Crippen molar-refractivity contribution in [2.45, 2.75) is 26.4 Å². The van der Waals surface area contributed by atoms with E-state index in [0.29, 0.717) is 28.4 Å². The molecule has 1 aliphatic heterocycles. The summed E-state index contributed by atoms with van der Waals surface area (Å²) in [6.07, 6.45) is 0.746. The minimum atomic E-state index is -0.667. The quantitative estimate of drug-likeness (QED) is 0.345. The Morgan fingerprint density at radius 1 is 1.07 bits per heavy atom. The SMILES string of the molecule is COc1cc(/C=N\NC(=O)OC(C)(C)C)ccc1OC(=O)c1ccc2c(c1)OCO2. The molecule has 0 spiro atoms. The van der Waals surface area contributed by atoms with Gasteiger partial charge in [-0.3, -0.25) is 0 Å². The number of ether oxygens (including phenoxy) is 5. The van der Waals surface area contributed by atoms with E-state index in [1.807, 2.05) is 0 Å². The fourth-order valence-electron chi connectivity index (χ4n) is 2.49. The Bertz CT molecular complexity index is 980. The summed E-state index contributed by atoms with van der Waals surface area (Å²) in [5.41, 5.74) is 2.59. The van der Waals surface area contributed by atoms with Gasteiger partial charge in [0.1, 0.15) is 5.60 Å².